The second kappa shape index (κ2) is 15.8. The predicted molar refractivity (Wildman–Crippen MR) is 92.4 cm³/mol. The highest BCUT2D eigenvalue weighted by atomic mass is 16.3. The Kier molecular flexibility index (Phi) is 15.3. The Morgan fingerprint density at radius 1 is 0.810 bits per heavy atom. The van der Waals surface area contributed by atoms with Crippen molar-refractivity contribution in [2.45, 2.75) is 96.2 Å². The van der Waals surface area contributed by atoms with E-state index in [1.54, 1.807) is 0 Å². The minimum absolute atomic E-state index is 0.564. The summed E-state index contributed by atoms with van der Waals surface area (Å²) in [6, 6.07) is 0. The van der Waals surface area contributed by atoms with Gasteiger partial charge in [0.2, 0.25) is 0 Å². The van der Waals surface area contributed by atoms with E-state index in [4.69, 9.17) is 0 Å². The first-order valence-electron chi connectivity index (χ1n) is 8.84. The van der Waals surface area contributed by atoms with Crippen LogP contribution in [-0.4, -0.2) is 22.4 Å². The number of aliphatic hydroxyl groups excluding tert-OH is 2. The average molecular weight is 296 g/mol. The van der Waals surface area contributed by atoms with Gasteiger partial charge in [0.15, 0.2) is 0 Å². The molecule has 2 N–H and O–H groups in total. The van der Waals surface area contributed by atoms with Gasteiger partial charge in [-0.15, -0.1) is 6.58 Å². The molecule has 21 heavy (non-hydrogen) atoms. The van der Waals surface area contributed by atoms with Crippen molar-refractivity contribution in [2.24, 2.45) is 0 Å². The van der Waals surface area contributed by atoms with Crippen LogP contribution in [0.25, 0.3) is 0 Å². The highest BCUT2D eigenvalue weighted by Gasteiger charge is 2.13. The van der Waals surface area contributed by atoms with Gasteiger partial charge in [-0.1, -0.05) is 63.7 Å². The van der Waals surface area contributed by atoms with E-state index in [9.17, 15) is 10.2 Å². The van der Waals surface area contributed by atoms with Crippen LogP contribution in [0.3, 0.4) is 0 Å². The summed E-state index contributed by atoms with van der Waals surface area (Å²) in [5, 5.41) is 19.6. The van der Waals surface area contributed by atoms with Crippen molar-refractivity contribution >= 4 is 0 Å². The smallest absolute Gasteiger partial charge is 0.0833 e. The molecular weight excluding hydrogens is 260 g/mol. The summed E-state index contributed by atoms with van der Waals surface area (Å²) in [5.74, 6) is 0. The molecule has 0 aliphatic carbocycles. The lowest BCUT2D eigenvalue weighted by Crippen LogP contribution is -2.25. The van der Waals surface area contributed by atoms with Gasteiger partial charge in [-0.3, -0.25) is 0 Å². The predicted octanol–water partition coefficient (Wildman–Crippen LogP) is 5.15. The Hall–Kier alpha value is -0.600. The molecule has 0 bridgehead atoms. The average Bonchev–Trinajstić information content (AvgIpc) is 2.49. The molecule has 0 saturated carbocycles. The fourth-order valence-electron chi connectivity index (χ4n) is 2.39. The summed E-state index contributed by atoms with van der Waals surface area (Å²) in [4.78, 5) is 0. The van der Waals surface area contributed by atoms with E-state index >= 15 is 0 Å². The van der Waals surface area contributed by atoms with Gasteiger partial charge in [0, 0.05) is 0 Å². The van der Waals surface area contributed by atoms with Crippen LogP contribution in [0.4, 0.5) is 0 Å². The van der Waals surface area contributed by atoms with Crippen LogP contribution in [0.1, 0.15) is 84.0 Å². The third kappa shape index (κ3) is 14.1. The van der Waals surface area contributed by atoms with E-state index in [0.29, 0.717) is 12.8 Å². The molecule has 2 nitrogen and oxygen atoms in total. The quantitative estimate of drug-likeness (QED) is 0.324. The largest absolute Gasteiger partial charge is 0.390 e. The Morgan fingerprint density at radius 3 is 2.14 bits per heavy atom. The Morgan fingerprint density at radius 2 is 1.48 bits per heavy atom. The minimum Gasteiger partial charge on any atom is -0.390 e. The monoisotopic (exact) mass is 296 g/mol. The van der Waals surface area contributed by atoms with Gasteiger partial charge in [-0.2, -0.15) is 0 Å². The van der Waals surface area contributed by atoms with E-state index in [1.807, 2.05) is 12.2 Å². The Labute approximate surface area is 132 Å². The number of aliphatic hydroxyl groups is 2. The summed E-state index contributed by atoms with van der Waals surface area (Å²) in [5.41, 5.74) is 0. The van der Waals surface area contributed by atoms with Gasteiger partial charge in [0.1, 0.15) is 0 Å². The first-order valence-corrected chi connectivity index (χ1v) is 8.84. The molecule has 0 aliphatic rings. The second-order valence-electron chi connectivity index (χ2n) is 5.97. The topological polar surface area (TPSA) is 40.5 Å². The van der Waals surface area contributed by atoms with Crippen LogP contribution in [0.5, 0.6) is 0 Å². The van der Waals surface area contributed by atoms with Crippen LogP contribution >= 0.6 is 0 Å². The standard InChI is InChI=1S/C19H36O2/c1-3-5-7-8-9-10-11-12-13-15-17-19(21)18(20)16-14-6-4-2/h3,13,15,18-21H,1,4-12,14,16-17H2,2H3/b15-13+. The first-order chi connectivity index (χ1) is 10.2. The number of allylic oxidation sites excluding steroid dienone is 2. The molecule has 124 valence electrons. The van der Waals surface area contributed by atoms with Crippen molar-refractivity contribution in [3.8, 4) is 0 Å². The highest BCUT2D eigenvalue weighted by Crippen LogP contribution is 2.11. The maximum atomic E-state index is 9.83. The van der Waals surface area contributed by atoms with Gasteiger partial charge in [0.05, 0.1) is 12.2 Å². The lowest BCUT2D eigenvalue weighted by Gasteiger charge is -2.15. The molecule has 0 aromatic rings. The second-order valence-corrected chi connectivity index (χ2v) is 5.97. The SMILES string of the molecule is C=CCCCCCCC/C=C/CC(O)C(O)CCCCC. The van der Waals surface area contributed by atoms with Gasteiger partial charge >= 0.3 is 0 Å². The van der Waals surface area contributed by atoms with Crippen LogP contribution in [-0.2, 0) is 0 Å². The van der Waals surface area contributed by atoms with Gasteiger partial charge in [-0.25, -0.2) is 0 Å². The normalized spacial score (nSPS) is 14.4. The van der Waals surface area contributed by atoms with Crippen molar-refractivity contribution in [3.63, 3.8) is 0 Å². The first kappa shape index (κ1) is 20.4. The number of hydrogen-bond donors (Lipinski definition) is 2. The summed E-state index contributed by atoms with van der Waals surface area (Å²) in [6.45, 7) is 5.87. The lowest BCUT2D eigenvalue weighted by atomic mass is 10.0. The third-order valence-corrected chi connectivity index (χ3v) is 3.87. The van der Waals surface area contributed by atoms with Gasteiger partial charge in [0.25, 0.3) is 0 Å². The summed E-state index contributed by atoms with van der Waals surface area (Å²) in [7, 11) is 0. The highest BCUT2D eigenvalue weighted by molar-refractivity contribution is 4.86. The zero-order valence-corrected chi connectivity index (χ0v) is 14.0. The van der Waals surface area contributed by atoms with Crippen molar-refractivity contribution < 1.29 is 10.2 Å². The molecule has 0 amide bonds. The molecule has 0 aliphatic heterocycles. The van der Waals surface area contributed by atoms with E-state index in [1.165, 1.54) is 32.1 Å². The molecule has 0 heterocycles. The Bertz CT molecular complexity index is 248. The van der Waals surface area contributed by atoms with Crippen LogP contribution in [0.2, 0.25) is 0 Å². The third-order valence-electron chi connectivity index (χ3n) is 3.87. The number of unbranched alkanes of at least 4 members (excludes halogenated alkanes) is 8. The van der Waals surface area contributed by atoms with Crippen LogP contribution in [0, 0.1) is 0 Å². The van der Waals surface area contributed by atoms with E-state index in [-0.39, 0.29) is 0 Å². The summed E-state index contributed by atoms with van der Waals surface area (Å²) in [6.07, 6.45) is 18.2. The molecule has 0 rings (SSSR count). The molecule has 0 radical (unpaired) electrons. The molecule has 0 fully saturated rings. The van der Waals surface area contributed by atoms with Crippen molar-refractivity contribution in [1.82, 2.24) is 0 Å². The summed E-state index contributed by atoms with van der Waals surface area (Å²) < 4.78 is 0. The molecule has 0 aromatic heterocycles. The van der Waals surface area contributed by atoms with Crippen molar-refractivity contribution in [3.05, 3.63) is 24.8 Å². The van der Waals surface area contributed by atoms with E-state index in [0.717, 1.165) is 32.1 Å². The van der Waals surface area contributed by atoms with Crippen molar-refractivity contribution in [1.29, 1.82) is 0 Å². The minimum atomic E-state index is -0.600. The number of hydrogen-bond acceptors (Lipinski definition) is 2. The maximum Gasteiger partial charge on any atom is 0.0833 e. The molecule has 0 spiro atoms. The molecule has 2 atom stereocenters. The molecule has 0 aromatic carbocycles. The molecule has 0 saturated heterocycles. The van der Waals surface area contributed by atoms with Crippen molar-refractivity contribution in [2.75, 3.05) is 0 Å². The number of rotatable bonds is 15. The zero-order chi connectivity index (χ0) is 15.8. The fraction of sp³-hybridized carbons (Fsp3) is 0.789. The lowest BCUT2D eigenvalue weighted by molar-refractivity contribution is 0.0153. The molecular formula is C19H36O2. The van der Waals surface area contributed by atoms with E-state index < -0.39 is 12.2 Å². The zero-order valence-electron chi connectivity index (χ0n) is 14.0. The van der Waals surface area contributed by atoms with Gasteiger partial charge < -0.3 is 10.2 Å². The van der Waals surface area contributed by atoms with Crippen LogP contribution in [0.15, 0.2) is 24.8 Å². The van der Waals surface area contributed by atoms with Gasteiger partial charge in [-0.05, 0) is 38.5 Å². The summed E-state index contributed by atoms with van der Waals surface area (Å²) >= 11 is 0. The fourth-order valence-corrected chi connectivity index (χ4v) is 2.39. The maximum absolute atomic E-state index is 9.83. The molecule has 2 unspecified atom stereocenters. The molecule has 2 heteroatoms. The van der Waals surface area contributed by atoms with Crippen LogP contribution < -0.4 is 0 Å². The van der Waals surface area contributed by atoms with E-state index in [2.05, 4.69) is 19.6 Å². The Balaban J connectivity index is 3.42.